The molecule has 3 nitrogen and oxygen atoms in total. The van der Waals surface area contributed by atoms with Gasteiger partial charge in [0.2, 0.25) is 0 Å². The minimum absolute atomic E-state index is 0.125. The van der Waals surface area contributed by atoms with Gasteiger partial charge in [-0.3, -0.25) is 0 Å². The fraction of sp³-hybridized carbons (Fsp3) is 0.167. The predicted octanol–water partition coefficient (Wildman–Crippen LogP) is 4.61. The Morgan fingerprint density at radius 3 is 2.46 bits per heavy atom. The van der Waals surface area contributed by atoms with Crippen LogP contribution >= 0.6 is 0 Å². The highest BCUT2D eigenvalue weighted by Crippen LogP contribution is 2.32. The zero-order chi connectivity index (χ0) is 17.3. The van der Waals surface area contributed by atoms with E-state index in [9.17, 15) is 18.0 Å². The van der Waals surface area contributed by atoms with E-state index in [2.05, 4.69) is 5.32 Å². The van der Waals surface area contributed by atoms with E-state index in [1.54, 1.807) is 6.08 Å². The van der Waals surface area contributed by atoms with Gasteiger partial charge in [0.25, 0.3) is 0 Å². The normalized spacial score (nSPS) is 17.4. The number of carbonyl (C=O) groups excluding carboxylic acids is 1. The lowest BCUT2D eigenvalue weighted by molar-refractivity contribution is -0.139. The summed E-state index contributed by atoms with van der Waals surface area (Å²) in [7, 11) is 0. The van der Waals surface area contributed by atoms with Crippen molar-refractivity contribution < 1.29 is 22.7 Å². The van der Waals surface area contributed by atoms with Crippen molar-refractivity contribution in [2.45, 2.75) is 19.2 Å². The molecule has 0 saturated carbocycles. The fourth-order valence-corrected chi connectivity index (χ4v) is 2.37. The van der Waals surface area contributed by atoms with Crippen LogP contribution < -0.4 is 5.32 Å². The van der Waals surface area contributed by atoms with Crippen LogP contribution in [0.2, 0.25) is 0 Å². The van der Waals surface area contributed by atoms with Crippen molar-refractivity contribution in [2.24, 2.45) is 0 Å². The van der Waals surface area contributed by atoms with E-state index in [1.807, 2.05) is 31.2 Å². The van der Waals surface area contributed by atoms with Crippen molar-refractivity contribution in [3.05, 3.63) is 77.0 Å². The molecule has 0 spiro atoms. The Morgan fingerprint density at radius 1 is 1.08 bits per heavy atom. The van der Waals surface area contributed by atoms with Crippen molar-refractivity contribution in [2.75, 3.05) is 5.32 Å². The Morgan fingerprint density at radius 2 is 1.79 bits per heavy atom. The van der Waals surface area contributed by atoms with E-state index in [4.69, 9.17) is 4.74 Å². The second kappa shape index (κ2) is 6.03. The standard InChI is InChI=1S/C18H14F3NO2/c1-11-5-7-12(8-6-11)16-10-15(17(23)24-16)22-14-4-2-3-13(9-14)18(19,20)21/h2-10,16,22H,1H3. The highest BCUT2D eigenvalue weighted by Gasteiger charge is 2.31. The number of hydrogen-bond acceptors (Lipinski definition) is 3. The first-order valence-corrected chi connectivity index (χ1v) is 7.26. The molecule has 24 heavy (non-hydrogen) atoms. The molecule has 1 unspecified atom stereocenters. The zero-order valence-electron chi connectivity index (χ0n) is 12.7. The van der Waals surface area contributed by atoms with Crippen LogP contribution in [0.4, 0.5) is 18.9 Å². The Kier molecular flexibility index (Phi) is 4.05. The van der Waals surface area contributed by atoms with E-state index in [1.165, 1.54) is 12.1 Å². The Labute approximate surface area is 136 Å². The van der Waals surface area contributed by atoms with Gasteiger partial charge in [0.05, 0.1) is 5.56 Å². The molecule has 1 heterocycles. The van der Waals surface area contributed by atoms with Crippen molar-refractivity contribution >= 4 is 11.7 Å². The SMILES string of the molecule is Cc1ccc(C2C=C(Nc3cccc(C(F)(F)F)c3)C(=O)O2)cc1. The third kappa shape index (κ3) is 3.42. The van der Waals surface area contributed by atoms with Gasteiger partial charge in [0.1, 0.15) is 11.8 Å². The highest BCUT2D eigenvalue weighted by atomic mass is 19.4. The third-order valence-electron chi connectivity index (χ3n) is 3.65. The summed E-state index contributed by atoms with van der Waals surface area (Å²) in [6.07, 6.45) is -3.42. The number of esters is 1. The first kappa shape index (κ1) is 16.1. The minimum Gasteiger partial charge on any atom is -0.448 e. The summed E-state index contributed by atoms with van der Waals surface area (Å²) >= 11 is 0. The molecule has 0 aliphatic carbocycles. The van der Waals surface area contributed by atoms with Crippen LogP contribution in [0.25, 0.3) is 0 Å². The number of halogens is 3. The zero-order valence-corrected chi connectivity index (χ0v) is 12.7. The fourth-order valence-electron chi connectivity index (χ4n) is 2.37. The number of hydrogen-bond donors (Lipinski definition) is 1. The van der Waals surface area contributed by atoms with E-state index < -0.39 is 23.8 Å². The van der Waals surface area contributed by atoms with Crippen LogP contribution in [0.5, 0.6) is 0 Å². The highest BCUT2D eigenvalue weighted by molar-refractivity contribution is 5.94. The average Bonchev–Trinajstić information content (AvgIpc) is 2.88. The van der Waals surface area contributed by atoms with Gasteiger partial charge in [0.15, 0.2) is 0 Å². The largest absolute Gasteiger partial charge is 0.448 e. The molecular weight excluding hydrogens is 319 g/mol. The maximum absolute atomic E-state index is 12.7. The number of cyclic esters (lactones) is 1. The van der Waals surface area contributed by atoms with Gasteiger partial charge in [0, 0.05) is 5.69 Å². The maximum atomic E-state index is 12.7. The topological polar surface area (TPSA) is 38.3 Å². The lowest BCUT2D eigenvalue weighted by Gasteiger charge is -2.10. The van der Waals surface area contributed by atoms with E-state index in [0.717, 1.165) is 23.3 Å². The second-order valence-corrected chi connectivity index (χ2v) is 5.52. The Balaban J connectivity index is 1.81. The molecule has 6 heteroatoms. The molecule has 124 valence electrons. The molecule has 2 aromatic rings. The molecule has 1 atom stereocenters. The molecule has 0 fully saturated rings. The molecule has 0 bridgehead atoms. The third-order valence-corrected chi connectivity index (χ3v) is 3.65. The number of carbonyl (C=O) groups is 1. The summed E-state index contributed by atoms with van der Waals surface area (Å²) in [5, 5.41) is 2.70. The van der Waals surface area contributed by atoms with Gasteiger partial charge >= 0.3 is 12.1 Å². The van der Waals surface area contributed by atoms with Gasteiger partial charge in [-0.15, -0.1) is 0 Å². The molecule has 2 aromatic carbocycles. The molecule has 0 saturated heterocycles. The van der Waals surface area contributed by atoms with Crippen LogP contribution in [0.3, 0.4) is 0 Å². The van der Waals surface area contributed by atoms with Crippen LogP contribution in [0.1, 0.15) is 22.8 Å². The second-order valence-electron chi connectivity index (χ2n) is 5.52. The molecule has 1 aliphatic rings. The average molecular weight is 333 g/mol. The summed E-state index contributed by atoms with van der Waals surface area (Å²) in [5.41, 5.74) is 1.40. The smallest absolute Gasteiger partial charge is 0.416 e. The molecule has 0 aromatic heterocycles. The Bertz CT molecular complexity index is 795. The van der Waals surface area contributed by atoms with Gasteiger partial charge in [-0.25, -0.2) is 4.79 Å². The quantitative estimate of drug-likeness (QED) is 0.834. The lowest BCUT2D eigenvalue weighted by atomic mass is 10.1. The minimum atomic E-state index is -4.44. The number of aryl methyl sites for hydroxylation is 1. The van der Waals surface area contributed by atoms with E-state index in [0.29, 0.717) is 0 Å². The monoisotopic (exact) mass is 333 g/mol. The van der Waals surface area contributed by atoms with Gasteiger partial charge < -0.3 is 10.1 Å². The predicted molar refractivity (Wildman–Crippen MR) is 83.2 cm³/mol. The number of benzene rings is 2. The first-order valence-electron chi connectivity index (χ1n) is 7.26. The summed E-state index contributed by atoms with van der Waals surface area (Å²) in [5.74, 6) is -0.599. The number of nitrogens with one attached hydrogen (secondary N) is 1. The van der Waals surface area contributed by atoms with Crippen molar-refractivity contribution in [3.8, 4) is 0 Å². The number of rotatable bonds is 3. The molecular formula is C18H14F3NO2. The van der Waals surface area contributed by atoms with Crippen LogP contribution in [-0.4, -0.2) is 5.97 Å². The number of anilines is 1. The number of ether oxygens (including phenoxy) is 1. The van der Waals surface area contributed by atoms with Crippen LogP contribution in [-0.2, 0) is 15.7 Å². The van der Waals surface area contributed by atoms with Gasteiger partial charge in [-0.2, -0.15) is 13.2 Å². The summed E-state index contributed by atoms with van der Waals surface area (Å²) in [4.78, 5) is 11.9. The Hall–Kier alpha value is -2.76. The van der Waals surface area contributed by atoms with Crippen molar-refractivity contribution in [1.29, 1.82) is 0 Å². The lowest BCUT2D eigenvalue weighted by Crippen LogP contribution is -2.10. The maximum Gasteiger partial charge on any atom is 0.416 e. The molecule has 1 aliphatic heterocycles. The van der Waals surface area contributed by atoms with E-state index >= 15 is 0 Å². The summed E-state index contributed by atoms with van der Waals surface area (Å²) < 4.78 is 43.5. The molecule has 3 rings (SSSR count). The van der Waals surface area contributed by atoms with Crippen molar-refractivity contribution in [1.82, 2.24) is 0 Å². The van der Waals surface area contributed by atoms with E-state index in [-0.39, 0.29) is 11.4 Å². The summed E-state index contributed by atoms with van der Waals surface area (Å²) in [6, 6.07) is 12.2. The van der Waals surface area contributed by atoms with Crippen molar-refractivity contribution in [3.63, 3.8) is 0 Å². The molecule has 0 radical (unpaired) electrons. The van der Waals surface area contributed by atoms with Gasteiger partial charge in [-0.05, 0) is 36.8 Å². The van der Waals surface area contributed by atoms with Crippen LogP contribution in [0, 0.1) is 6.92 Å². The first-order chi connectivity index (χ1) is 11.3. The molecule has 1 N–H and O–H groups in total. The summed E-state index contributed by atoms with van der Waals surface area (Å²) in [6.45, 7) is 1.95. The molecule has 0 amide bonds. The van der Waals surface area contributed by atoms with Gasteiger partial charge in [-0.1, -0.05) is 35.9 Å². The number of alkyl halides is 3. The van der Waals surface area contributed by atoms with Crippen LogP contribution in [0.15, 0.2) is 60.3 Å².